The van der Waals surface area contributed by atoms with E-state index in [-0.39, 0.29) is 11.7 Å². The van der Waals surface area contributed by atoms with E-state index in [1.807, 2.05) is 12.1 Å². The highest BCUT2D eigenvalue weighted by Gasteiger charge is 2.13. The van der Waals surface area contributed by atoms with Crippen LogP contribution >= 0.6 is 50.9 Å². The van der Waals surface area contributed by atoms with Crippen LogP contribution in [0.3, 0.4) is 0 Å². The predicted octanol–water partition coefficient (Wildman–Crippen LogP) is 5.54. The molecule has 3 aromatic rings. The van der Waals surface area contributed by atoms with Crippen molar-refractivity contribution in [3.8, 4) is 11.5 Å². The third-order valence-corrected chi connectivity index (χ3v) is 5.42. The van der Waals surface area contributed by atoms with Gasteiger partial charge in [-0.15, -0.1) is 10.2 Å². The van der Waals surface area contributed by atoms with Crippen LogP contribution in [0.25, 0.3) is 11.5 Å². The standard InChI is InChI=1S/C16H10BrCl2N3O2S/c17-11-6-5-9(7-13(11)19)20-14(23)8-25-16-22-21-15(24-16)10-3-1-2-4-12(10)18/h1-7H,8H2,(H,20,23). The van der Waals surface area contributed by atoms with Gasteiger partial charge in [-0.05, 0) is 46.3 Å². The molecular formula is C16H10BrCl2N3O2S. The van der Waals surface area contributed by atoms with Gasteiger partial charge in [-0.25, -0.2) is 0 Å². The minimum absolute atomic E-state index is 0.123. The highest BCUT2D eigenvalue weighted by molar-refractivity contribution is 9.10. The number of nitrogens with one attached hydrogen (secondary N) is 1. The molecular weight excluding hydrogens is 449 g/mol. The van der Waals surface area contributed by atoms with E-state index in [0.717, 1.165) is 16.2 Å². The molecule has 0 saturated heterocycles. The van der Waals surface area contributed by atoms with Crippen LogP contribution in [0, 0.1) is 0 Å². The molecule has 0 atom stereocenters. The first kappa shape index (κ1) is 18.3. The third-order valence-electron chi connectivity index (χ3n) is 3.04. The Hall–Kier alpha value is -1.54. The molecule has 0 unspecified atom stereocenters. The Morgan fingerprint density at radius 3 is 2.72 bits per heavy atom. The Bertz CT molecular complexity index is 920. The fourth-order valence-corrected chi connectivity index (χ4v) is 3.12. The molecule has 0 aliphatic rings. The number of hydrogen-bond donors (Lipinski definition) is 1. The monoisotopic (exact) mass is 457 g/mol. The van der Waals surface area contributed by atoms with Crippen LogP contribution in [-0.4, -0.2) is 21.9 Å². The normalized spacial score (nSPS) is 10.7. The molecule has 9 heteroatoms. The zero-order chi connectivity index (χ0) is 17.8. The molecule has 5 nitrogen and oxygen atoms in total. The molecule has 2 aromatic carbocycles. The molecule has 25 heavy (non-hydrogen) atoms. The van der Waals surface area contributed by atoms with Gasteiger partial charge in [-0.1, -0.05) is 47.1 Å². The first-order valence-corrected chi connectivity index (χ1v) is 9.52. The van der Waals surface area contributed by atoms with Crippen molar-refractivity contribution < 1.29 is 9.21 Å². The topological polar surface area (TPSA) is 68.0 Å². The lowest BCUT2D eigenvalue weighted by Crippen LogP contribution is -2.13. The Labute approximate surface area is 166 Å². The number of thioether (sulfide) groups is 1. The van der Waals surface area contributed by atoms with Crippen molar-refractivity contribution in [1.82, 2.24) is 10.2 Å². The highest BCUT2D eigenvalue weighted by atomic mass is 79.9. The van der Waals surface area contributed by atoms with Gasteiger partial charge in [0, 0.05) is 10.2 Å². The zero-order valence-corrected chi connectivity index (χ0v) is 16.4. The van der Waals surface area contributed by atoms with Gasteiger partial charge < -0.3 is 9.73 Å². The SMILES string of the molecule is O=C(CSc1nnc(-c2ccccc2Cl)o1)Nc1ccc(Br)c(Cl)c1. The lowest BCUT2D eigenvalue weighted by Gasteiger charge is -2.05. The number of carbonyl (C=O) groups is 1. The van der Waals surface area contributed by atoms with E-state index < -0.39 is 0 Å². The molecule has 0 fully saturated rings. The van der Waals surface area contributed by atoms with E-state index in [2.05, 4.69) is 31.4 Å². The molecule has 0 radical (unpaired) electrons. The third kappa shape index (κ3) is 4.76. The molecule has 0 aliphatic carbocycles. The second-order valence-corrected chi connectivity index (χ2v) is 7.41. The maximum Gasteiger partial charge on any atom is 0.277 e. The van der Waals surface area contributed by atoms with Crippen molar-refractivity contribution in [2.24, 2.45) is 0 Å². The van der Waals surface area contributed by atoms with Gasteiger partial charge in [0.15, 0.2) is 0 Å². The van der Waals surface area contributed by atoms with Gasteiger partial charge in [-0.2, -0.15) is 0 Å². The largest absolute Gasteiger partial charge is 0.411 e. The lowest BCUT2D eigenvalue weighted by molar-refractivity contribution is -0.113. The van der Waals surface area contributed by atoms with Gasteiger partial charge in [0.2, 0.25) is 11.8 Å². The van der Waals surface area contributed by atoms with Crippen LogP contribution in [-0.2, 0) is 4.79 Å². The quantitative estimate of drug-likeness (QED) is 0.508. The Kier molecular flexibility index (Phi) is 6.01. The van der Waals surface area contributed by atoms with Gasteiger partial charge in [-0.3, -0.25) is 4.79 Å². The van der Waals surface area contributed by atoms with Crippen molar-refractivity contribution in [3.63, 3.8) is 0 Å². The summed E-state index contributed by atoms with van der Waals surface area (Å²) >= 11 is 16.5. The van der Waals surface area contributed by atoms with Crippen LogP contribution < -0.4 is 5.32 Å². The van der Waals surface area contributed by atoms with Crippen molar-refractivity contribution >= 4 is 62.5 Å². The molecule has 3 rings (SSSR count). The Morgan fingerprint density at radius 2 is 1.96 bits per heavy atom. The zero-order valence-electron chi connectivity index (χ0n) is 12.5. The molecule has 0 saturated carbocycles. The predicted molar refractivity (Wildman–Crippen MR) is 103 cm³/mol. The number of aromatic nitrogens is 2. The minimum atomic E-state index is -0.208. The number of hydrogen-bond acceptors (Lipinski definition) is 5. The average Bonchev–Trinajstić information content (AvgIpc) is 3.05. The highest BCUT2D eigenvalue weighted by Crippen LogP contribution is 2.29. The van der Waals surface area contributed by atoms with Crippen LogP contribution in [0.1, 0.15) is 0 Å². The summed E-state index contributed by atoms with van der Waals surface area (Å²) in [5, 5.41) is 12.0. The summed E-state index contributed by atoms with van der Waals surface area (Å²) < 4.78 is 6.30. The van der Waals surface area contributed by atoms with Crippen molar-refractivity contribution in [2.75, 3.05) is 11.1 Å². The van der Waals surface area contributed by atoms with Gasteiger partial charge >= 0.3 is 0 Å². The summed E-state index contributed by atoms with van der Waals surface area (Å²) in [6.07, 6.45) is 0. The molecule has 1 amide bonds. The van der Waals surface area contributed by atoms with Crippen LogP contribution in [0.4, 0.5) is 5.69 Å². The smallest absolute Gasteiger partial charge is 0.277 e. The van der Waals surface area contributed by atoms with E-state index in [0.29, 0.717) is 32.4 Å². The maximum atomic E-state index is 12.0. The average molecular weight is 459 g/mol. The number of benzene rings is 2. The Balaban J connectivity index is 1.59. The summed E-state index contributed by atoms with van der Waals surface area (Å²) in [7, 11) is 0. The Morgan fingerprint density at radius 1 is 1.16 bits per heavy atom. The molecule has 0 bridgehead atoms. The summed E-state index contributed by atoms with van der Waals surface area (Å²) in [5.74, 6) is 0.228. The van der Waals surface area contributed by atoms with Gasteiger partial charge in [0.1, 0.15) is 0 Å². The molecule has 1 heterocycles. The van der Waals surface area contributed by atoms with Crippen molar-refractivity contribution in [1.29, 1.82) is 0 Å². The number of carbonyl (C=O) groups excluding carboxylic acids is 1. The number of halogens is 3. The second kappa shape index (κ2) is 8.23. The fraction of sp³-hybridized carbons (Fsp3) is 0.0625. The number of amides is 1. The van der Waals surface area contributed by atoms with Crippen LogP contribution in [0.5, 0.6) is 0 Å². The van der Waals surface area contributed by atoms with Gasteiger partial charge in [0.25, 0.3) is 5.22 Å². The van der Waals surface area contributed by atoms with E-state index in [9.17, 15) is 4.79 Å². The summed E-state index contributed by atoms with van der Waals surface area (Å²) in [6, 6.07) is 12.3. The van der Waals surface area contributed by atoms with Crippen molar-refractivity contribution in [2.45, 2.75) is 5.22 Å². The first-order chi connectivity index (χ1) is 12.0. The molecule has 1 N–H and O–H groups in total. The van der Waals surface area contributed by atoms with Crippen molar-refractivity contribution in [3.05, 3.63) is 57.0 Å². The number of nitrogens with zero attached hydrogens (tertiary/aromatic N) is 2. The van der Waals surface area contributed by atoms with Crippen LogP contribution in [0.2, 0.25) is 10.0 Å². The first-order valence-electron chi connectivity index (χ1n) is 6.99. The molecule has 128 valence electrons. The van der Waals surface area contributed by atoms with E-state index in [4.69, 9.17) is 27.6 Å². The van der Waals surface area contributed by atoms with Gasteiger partial charge in [0.05, 0.1) is 21.4 Å². The number of anilines is 1. The number of rotatable bonds is 5. The van der Waals surface area contributed by atoms with Crippen LogP contribution in [0.15, 0.2) is 56.6 Å². The summed E-state index contributed by atoms with van der Waals surface area (Å²) in [4.78, 5) is 12.0. The molecule has 0 spiro atoms. The molecule has 1 aromatic heterocycles. The van der Waals surface area contributed by atoms with E-state index in [1.54, 1.807) is 30.3 Å². The maximum absolute atomic E-state index is 12.0. The summed E-state index contributed by atoms with van der Waals surface area (Å²) in [6.45, 7) is 0. The van der Waals surface area contributed by atoms with E-state index >= 15 is 0 Å². The summed E-state index contributed by atoms with van der Waals surface area (Å²) in [5.41, 5.74) is 1.26. The lowest BCUT2D eigenvalue weighted by atomic mass is 10.2. The van der Waals surface area contributed by atoms with E-state index in [1.165, 1.54) is 0 Å². The minimum Gasteiger partial charge on any atom is -0.411 e. The second-order valence-electron chi connectivity index (χ2n) is 4.82. The molecule has 0 aliphatic heterocycles. The fourth-order valence-electron chi connectivity index (χ4n) is 1.91.